The van der Waals surface area contributed by atoms with Crippen molar-refractivity contribution in [3.63, 3.8) is 0 Å². The molecule has 0 amide bonds. The van der Waals surface area contributed by atoms with E-state index in [-0.39, 0.29) is 5.92 Å². The molecule has 0 radical (unpaired) electrons. The monoisotopic (exact) mass is 233 g/mol. The van der Waals surface area contributed by atoms with Crippen LogP contribution in [0, 0.1) is 5.92 Å². The van der Waals surface area contributed by atoms with Gasteiger partial charge in [-0.25, -0.2) is 15.0 Å². The Hall–Kier alpha value is -2.18. The van der Waals surface area contributed by atoms with Gasteiger partial charge in [0.25, 0.3) is 0 Å². The van der Waals surface area contributed by atoms with Crippen molar-refractivity contribution in [3.8, 4) is 0 Å². The second-order valence-electron chi connectivity index (χ2n) is 4.07. The SMILES string of the molecule is O=C(O)C1CCN(c2ncnc3nc[nH]c23)C1. The van der Waals surface area contributed by atoms with E-state index in [9.17, 15) is 4.79 Å². The predicted molar refractivity (Wildman–Crippen MR) is 59.6 cm³/mol. The van der Waals surface area contributed by atoms with Crippen molar-refractivity contribution in [2.75, 3.05) is 18.0 Å². The van der Waals surface area contributed by atoms with Crippen LogP contribution in [-0.4, -0.2) is 44.1 Å². The number of aromatic nitrogens is 4. The molecule has 0 spiro atoms. The minimum Gasteiger partial charge on any atom is -0.481 e. The average Bonchev–Trinajstić information content (AvgIpc) is 2.97. The zero-order valence-electron chi connectivity index (χ0n) is 9.00. The van der Waals surface area contributed by atoms with Gasteiger partial charge in [0.2, 0.25) is 0 Å². The van der Waals surface area contributed by atoms with Gasteiger partial charge in [0.1, 0.15) is 11.8 Å². The highest BCUT2D eigenvalue weighted by molar-refractivity contribution is 5.83. The van der Waals surface area contributed by atoms with E-state index in [1.807, 2.05) is 4.90 Å². The number of nitrogens with one attached hydrogen (secondary N) is 1. The molecule has 0 aliphatic carbocycles. The quantitative estimate of drug-likeness (QED) is 0.772. The van der Waals surface area contributed by atoms with Crippen LogP contribution >= 0.6 is 0 Å². The lowest BCUT2D eigenvalue weighted by Gasteiger charge is -2.16. The van der Waals surface area contributed by atoms with Gasteiger partial charge in [-0.05, 0) is 6.42 Å². The molecule has 2 aromatic rings. The van der Waals surface area contributed by atoms with Crippen molar-refractivity contribution in [1.29, 1.82) is 0 Å². The van der Waals surface area contributed by atoms with Crippen molar-refractivity contribution < 1.29 is 9.90 Å². The molecule has 2 aromatic heterocycles. The molecule has 1 saturated heterocycles. The molecule has 3 rings (SSSR count). The first kappa shape index (κ1) is 10.0. The summed E-state index contributed by atoms with van der Waals surface area (Å²) in [7, 11) is 0. The van der Waals surface area contributed by atoms with Gasteiger partial charge in [0.15, 0.2) is 11.5 Å². The second-order valence-corrected chi connectivity index (χ2v) is 4.07. The van der Waals surface area contributed by atoms with Crippen molar-refractivity contribution in [1.82, 2.24) is 19.9 Å². The highest BCUT2D eigenvalue weighted by Crippen LogP contribution is 2.26. The Balaban J connectivity index is 1.95. The van der Waals surface area contributed by atoms with Crippen molar-refractivity contribution in [2.24, 2.45) is 5.92 Å². The molecule has 1 atom stereocenters. The van der Waals surface area contributed by atoms with Gasteiger partial charge in [-0.15, -0.1) is 0 Å². The fourth-order valence-electron chi connectivity index (χ4n) is 2.15. The summed E-state index contributed by atoms with van der Waals surface area (Å²) in [5.74, 6) is -0.332. The minimum absolute atomic E-state index is 0.317. The highest BCUT2D eigenvalue weighted by Gasteiger charge is 2.29. The lowest BCUT2D eigenvalue weighted by atomic mass is 10.1. The normalized spacial score (nSPS) is 20.0. The summed E-state index contributed by atoms with van der Waals surface area (Å²) < 4.78 is 0. The summed E-state index contributed by atoms with van der Waals surface area (Å²) in [4.78, 5) is 28.1. The molecule has 1 unspecified atom stereocenters. The smallest absolute Gasteiger partial charge is 0.308 e. The Bertz CT molecular complexity index is 567. The molecule has 0 aromatic carbocycles. The number of nitrogens with zero attached hydrogens (tertiary/aromatic N) is 4. The van der Waals surface area contributed by atoms with Gasteiger partial charge in [-0.3, -0.25) is 4.79 Å². The molecule has 3 heterocycles. The van der Waals surface area contributed by atoms with E-state index in [0.717, 1.165) is 11.3 Å². The second kappa shape index (κ2) is 3.69. The van der Waals surface area contributed by atoms with E-state index >= 15 is 0 Å². The van der Waals surface area contributed by atoms with Crippen molar-refractivity contribution in [2.45, 2.75) is 6.42 Å². The number of aromatic amines is 1. The number of rotatable bonds is 2. The number of hydrogen-bond donors (Lipinski definition) is 2. The van der Waals surface area contributed by atoms with Gasteiger partial charge < -0.3 is 15.0 Å². The Kier molecular flexibility index (Phi) is 2.17. The summed E-state index contributed by atoms with van der Waals surface area (Å²) in [5, 5.41) is 8.97. The fraction of sp³-hybridized carbons (Fsp3) is 0.400. The highest BCUT2D eigenvalue weighted by atomic mass is 16.4. The average molecular weight is 233 g/mol. The number of anilines is 1. The minimum atomic E-state index is -0.748. The summed E-state index contributed by atoms with van der Waals surface area (Å²) in [6.07, 6.45) is 3.66. The molecule has 1 aliphatic heterocycles. The maximum absolute atomic E-state index is 10.9. The molecule has 7 nitrogen and oxygen atoms in total. The van der Waals surface area contributed by atoms with Crippen molar-refractivity contribution in [3.05, 3.63) is 12.7 Å². The number of hydrogen-bond acceptors (Lipinski definition) is 5. The number of carbonyl (C=O) groups is 1. The van der Waals surface area contributed by atoms with Gasteiger partial charge in [0.05, 0.1) is 12.2 Å². The van der Waals surface area contributed by atoms with Crippen molar-refractivity contribution >= 4 is 23.0 Å². The summed E-state index contributed by atoms with van der Waals surface area (Å²) in [6.45, 7) is 1.18. The van der Waals surface area contributed by atoms with Crippen LogP contribution in [0.4, 0.5) is 5.82 Å². The Morgan fingerprint density at radius 2 is 2.35 bits per heavy atom. The first-order valence-electron chi connectivity index (χ1n) is 5.37. The van der Waals surface area contributed by atoms with Crippen LogP contribution in [0.1, 0.15) is 6.42 Å². The maximum atomic E-state index is 10.9. The van der Waals surface area contributed by atoms with E-state index in [4.69, 9.17) is 5.11 Å². The lowest BCUT2D eigenvalue weighted by Crippen LogP contribution is -2.23. The number of fused-ring (bicyclic) bond motifs is 1. The number of aliphatic carboxylic acids is 1. The van der Waals surface area contributed by atoms with E-state index in [0.29, 0.717) is 25.2 Å². The van der Waals surface area contributed by atoms with Crippen LogP contribution < -0.4 is 4.90 Å². The molecule has 88 valence electrons. The van der Waals surface area contributed by atoms with Crippen LogP contribution in [0.3, 0.4) is 0 Å². The zero-order valence-corrected chi connectivity index (χ0v) is 9.00. The molecule has 1 aliphatic rings. The molecule has 0 saturated carbocycles. The van der Waals surface area contributed by atoms with Crippen LogP contribution in [0.25, 0.3) is 11.2 Å². The Morgan fingerprint density at radius 1 is 1.47 bits per heavy atom. The molecular weight excluding hydrogens is 222 g/mol. The predicted octanol–water partition coefficient (Wildman–Crippen LogP) is 0.264. The van der Waals surface area contributed by atoms with E-state index < -0.39 is 5.97 Å². The van der Waals surface area contributed by atoms with Gasteiger partial charge in [0, 0.05) is 13.1 Å². The van der Waals surface area contributed by atoms with Gasteiger partial charge in [-0.2, -0.15) is 0 Å². The number of H-pyrrole nitrogens is 1. The Labute approximate surface area is 96.5 Å². The molecule has 2 N–H and O–H groups in total. The van der Waals surface area contributed by atoms with Gasteiger partial charge >= 0.3 is 5.97 Å². The largest absolute Gasteiger partial charge is 0.481 e. The van der Waals surface area contributed by atoms with Crippen LogP contribution in [0.2, 0.25) is 0 Å². The van der Waals surface area contributed by atoms with E-state index in [1.165, 1.54) is 6.33 Å². The fourth-order valence-corrected chi connectivity index (χ4v) is 2.15. The third-order valence-electron chi connectivity index (χ3n) is 3.04. The lowest BCUT2D eigenvalue weighted by molar-refractivity contribution is -0.140. The van der Waals surface area contributed by atoms with Gasteiger partial charge in [-0.1, -0.05) is 0 Å². The first-order chi connectivity index (χ1) is 8.25. The van der Waals surface area contributed by atoms with Crippen LogP contribution in [0.15, 0.2) is 12.7 Å². The number of imidazole rings is 1. The molecule has 17 heavy (non-hydrogen) atoms. The molecule has 7 heteroatoms. The zero-order chi connectivity index (χ0) is 11.8. The molecule has 1 fully saturated rings. The third kappa shape index (κ3) is 1.59. The van der Waals surface area contributed by atoms with E-state index in [2.05, 4.69) is 19.9 Å². The maximum Gasteiger partial charge on any atom is 0.308 e. The third-order valence-corrected chi connectivity index (χ3v) is 3.04. The van der Waals surface area contributed by atoms with Crippen LogP contribution in [0.5, 0.6) is 0 Å². The Morgan fingerprint density at radius 3 is 3.12 bits per heavy atom. The molecular formula is C10H11N5O2. The number of carboxylic acid groups (broad SMARTS) is 1. The standard InChI is InChI=1S/C10H11N5O2/c16-10(17)6-1-2-15(3-6)9-7-8(12-4-11-7)13-5-14-9/h4-6H,1-3H2,(H,16,17)(H,11,12,13,14). The van der Waals surface area contributed by atoms with Crippen LogP contribution in [-0.2, 0) is 4.79 Å². The summed E-state index contributed by atoms with van der Waals surface area (Å²) in [5.41, 5.74) is 1.37. The molecule has 0 bridgehead atoms. The van der Waals surface area contributed by atoms with E-state index in [1.54, 1.807) is 6.33 Å². The summed E-state index contributed by atoms with van der Waals surface area (Å²) >= 11 is 0. The summed E-state index contributed by atoms with van der Waals surface area (Å²) in [6, 6.07) is 0. The first-order valence-corrected chi connectivity index (χ1v) is 5.37. The topological polar surface area (TPSA) is 95.0 Å². The number of carboxylic acids is 1.